The number of hydrogen-bond acceptors (Lipinski definition) is 3. The molecule has 0 heterocycles. The van der Waals surface area contributed by atoms with Gasteiger partial charge in [0.15, 0.2) is 5.60 Å². The molecule has 0 fully saturated rings. The molecule has 1 unspecified atom stereocenters. The molecule has 4 rings (SSSR count). The Bertz CT molecular complexity index is 1270. The lowest BCUT2D eigenvalue weighted by molar-refractivity contribution is -0.266. The molecule has 0 radical (unpaired) electrons. The van der Waals surface area contributed by atoms with E-state index >= 15 is 0 Å². The van der Waals surface area contributed by atoms with Crippen molar-refractivity contribution in [1.82, 2.24) is 0 Å². The summed E-state index contributed by atoms with van der Waals surface area (Å²) in [5.41, 5.74) is -2.88. The minimum Gasteiger partial charge on any atom is -0.376 e. The second-order valence-corrected chi connectivity index (χ2v) is 9.34. The third kappa shape index (κ3) is 5.13. The average Bonchev–Trinajstić information content (AvgIpc) is 2.88. The number of benzene rings is 4. The summed E-state index contributed by atoms with van der Waals surface area (Å²) in [4.78, 5) is 11.9. The number of nitrogens with one attached hydrogen (secondary N) is 1. The summed E-state index contributed by atoms with van der Waals surface area (Å²) in [7, 11) is 0. The first-order valence-corrected chi connectivity index (χ1v) is 12.0. The van der Waals surface area contributed by atoms with Crippen LogP contribution in [-0.2, 0) is 15.9 Å². The van der Waals surface area contributed by atoms with E-state index in [2.05, 4.69) is 5.32 Å². The van der Waals surface area contributed by atoms with Crippen LogP contribution < -0.4 is 5.32 Å². The fourth-order valence-corrected chi connectivity index (χ4v) is 4.83. The van der Waals surface area contributed by atoms with Crippen molar-refractivity contribution in [2.75, 3.05) is 5.32 Å². The van der Waals surface area contributed by atoms with Gasteiger partial charge in [-0.15, -0.1) is 0 Å². The quantitative estimate of drug-likeness (QED) is 0.235. The summed E-state index contributed by atoms with van der Waals surface area (Å²) >= 11 is 6.14. The molecule has 7 heteroatoms. The number of halogens is 4. The van der Waals surface area contributed by atoms with E-state index < -0.39 is 35.1 Å². The number of carbonyl (C=O) groups is 1. The molecule has 0 spiro atoms. The van der Waals surface area contributed by atoms with E-state index in [9.17, 15) is 23.1 Å². The third-order valence-corrected chi connectivity index (χ3v) is 6.58. The van der Waals surface area contributed by atoms with E-state index in [1.807, 2.05) is 91.0 Å². The van der Waals surface area contributed by atoms with Gasteiger partial charge in [-0.2, -0.15) is 13.2 Å². The minimum absolute atomic E-state index is 0.00323. The highest BCUT2D eigenvalue weighted by atomic mass is 35.5. The molecule has 0 amide bonds. The first-order chi connectivity index (χ1) is 17.6. The number of anilines is 1. The average molecular weight is 524 g/mol. The van der Waals surface area contributed by atoms with E-state index in [4.69, 9.17) is 11.6 Å². The van der Waals surface area contributed by atoms with E-state index in [1.54, 1.807) is 0 Å². The van der Waals surface area contributed by atoms with Gasteiger partial charge in [0.1, 0.15) is 11.3 Å². The predicted molar refractivity (Wildman–Crippen MR) is 140 cm³/mol. The van der Waals surface area contributed by atoms with Crippen LogP contribution in [0.1, 0.15) is 35.6 Å². The molecule has 190 valence electrons. The molecule has 0 aliphatic heterocycles. The second-order valence-electron chi connectivity index (χ2n) is 8.90. The molecule has 0 aliphatic rings. The van der Waals surface area contributed by atoms with Gasteiger partial charge >= 0.3 is 6.18 Å². The number of rotatable bonds is 8. The summed E-state index contributed by atoms with van der Waals surface area (Å²) < 4.78 is 43.2. The van der Waals surface area contributed by atoms with Crippen molar-refractivity contribution in [2.24, 2.45) is 0 Å². The molecule has 3 nitrogen and oxygen atoms in total. The molecule has 0 aliphatic carbocycles. The second kappa shape index (κ2) is 10.4. The Morgan fingerprint density at radius 1 is 0.784 bits per heavy atom. The number of aliphatic hydroxyl groups is 1. The van der Waals surface area contributed by atoms with Crippen molar-refractivity contribution in [3.8, 4) is 0 Å². The van der Waals surface area contributed by atoms with Crippen molar-refractivity contribution < 1.29 is 23.1 Å². The van der Waals surface area contributed by atoms with Crippen LogP contribution in [0.5, 0.6) is 0 Å². The fourth-order valence-electron chi connectivity index (χ4n) is 4.66. The van der Waals surface area contributed by atoms with Crippen molar-refractivity contribution in [1.29, 1.82) is 0 Å². The lowest BCUT2D eigenvalue weighted by atomic mass is 9.76. The number of alkyl halides is 3. The van der Waals surface area contributed by atoms with E-state index in [0.29, 0.717) is 0 Å². The normalized spacial score (nSPS) is 13.6. The number of ketones is 1. The van der Waals surface area contributed by atoms with Crippen LogP contribution in [0.25, 0.3) is 0 Å². The molecule has 0 saturated carbocycles. The Balaban J connectivity index is 2.05. The van der Waals surface area contributed by atoms with E-state index in [-0.39, 0.29) is 10.7 Å². The maximum Gasteiger partial charge on any atom is 0.421 e. The van der Waals surface area contributed by atoms with Crippen molar-refractivity contribution >= 4 is 23.1 Å². The van der Waals surface area contributed by atoms with Gasteiger partial charge in [0.2, 0.25) is 0 Å². The molecular formula is C30H25ClF3NO2. The van der Waals surface area contributed by atoms with Crippen molar-refractivity contribution in [3.63, 3.8) is 0 Å². The van der Waals surface area contributed by atoms with Crippen LogP contribution in [0.2, 0.25) is 5.02 Å². The van der Waals surface area contributed by atoms with Gasteiger partial charge in [0, 0.05) is 22.7 Å². The van der Waals surface area contributed by atoms with Gasteiger partial charge in [0.05, 0.1) is 0 Å². The zero-order chi connectivity index (χ0) is 26.7. The lowest BCUT2D eigenvalue weighted by Crippen LogP contribution is -2.45. The highest BCUT2D eigenvalue weighted by Gasteiger charge is 2.57. The SMILES string of the molecule is CC(=O)CC(O)(c1cc(Cl)ccc1NC(c1ccccc1)(c1ccccc1)c1ccccc1)C(F)(F)F. The molecule has 0 aromatic heterocycles. The van der Waals surface area contributed by atoms with Gasteiger partial charge in [-0.05, 0) is 41.8 Å². The standard InChI is InChI=1S/C30H25ClF3NO2/c1-21(36)20-28(37,30(32,33)34)26-19-25(31)17-18-27(26)35-29(22-11-5-2-6-12-22,23-13-7-3-8-14-23)24-15-9-4-10-16-24/h2-19,35,37H,20H2,1H3. The van der Waals surface area contributed by atoms with Crippen molar-refractivity contribution in [3.05, 3.63) is 136 Å². The van der Waals surface area contributed by atoms with Crippen LogP contribution in [-0.4, -0.2) is 17.1 Å². The van der Waals surface area contributed by atoms with Gasteiger partial charge in [-0.1, -0.05) is 103 Å². The molecule has 0 bridgehead atoms. The van der Waals surface area contributed by atoms with Gasteiger partial charge in [-0.3, -0.25) is 4.79 Å². The summed E-state index contributed by atoms with van der Waals surface area (Å²) in [5, 5.41) is 14.4. The largest absolute Gasteiger partial charge is 0.421 e. The highest BCUT2D eigenvalue weighted by Crippen LogP contribution is 2.48. The molecular weight excluding hydrogens is 499 g/mol. The van der Waals surface area contributed by atoms with E-state index in [0.717, 1.165) is 29.7 Å². The molecule has 37 heavy (non-hydrogen) atoms. The third-order valence-electron chi connectivity index (χ3n) is 6.34. The topological polar surface area (TPSA) is 49.3 Å². The zero-order valence-corrected chi connectivity index (χ0v) is 20.7. The smallest absolute Gasteiger partial charge is 0.376 e. The van der Waals surface area contributed by atoms with Crippen LogP contribution in [0.4, 0.5) is 18.9 Å². The van der Waals surface area contributed by atoms with Crippen molar-refractivity contribution in [2.45, 2.75) is 30.7 Å². The van der Waals surface area contributed by atoms with Crippen LogP contribution in [0, 0.1) is 0 Å². The molecule has 1 atom stereocenters. The maximum absolute atomic E-state index is 14.4. The fraction of sp³-hybridized carbons (Fsp3) is 0.167. The first kappa shape index (κ1) is 26.5. The molecule has 4 aromatic rings. The zero-order valence-electron chi connectivity index (χ0n) is 20.0. The minimum atomic E-state index is -5.14. The van der Waals surface area contributed by atoms with Crippen LogP contribution in [0.3, 0.4) is 0 Å². The van der Waals surface area contributed by atoms with Crippen LogP contribution in [0.15, 0.2) is 109 Å². The Hall–Kier alpha value is -3.61. The Morgan fingerprint density at radius 3 is 1.59 bits per heavy atom. The Kier molecular flexibility index (Phi) is 7.44. The maximum atomic E-state index is 14.4. The summed E-state index contributed by atoms with van der Waals surface area (Å²) in [6, 6.07) is 31.9. The summed E-state index contributed by atoms with van der Waals surface area (Å²) in [5.74, 6) is -0.814. The van der Waals surface area contributed by atoms with Gasteiger partial charge < -0.3 is 10.4 Å². The number of Topliss-reactive ketones (excluding diaryl/α,β-unsaturated/α-hetero) is 1. The molecule has 4 aromatic carbocycles. The number of carbonyl (C=O) groups excluding carboxylic acids is 1. The Labute approximate surface area is 218 Å². The number of hydrogen-bond donors (Lipinski definition) is 2. The monoisotopic (exact) mass is 523 g/mol. The van der Waals surface area contributed by atoms with Gasteiger partial charge in [0.25, 0.3) is 0 Å². The summed E-state index contributed by atoms with van der Waals surface area (Å²) in [6.07, 6.45) is -6.30. The van der Waals surface area contributed by atoms with Gasteiger partial charge in [-0.25, -0.2) is 0 Å². The molecule has 2 N–H and O–H groups in total. The lowest BCUT2D eigenvalue weighted by Gasteiger charge is -2.40. The predicted octanol–water partition coefficient (Wildman–Crippen LogP) is 7.47. The molecule has 0 saturated heterocycles. The Morgan fingerprint density at radius 2 is 1.22 bits per heavy atom. The summed E-state index contributed by atoms with van der Waals surface area (Å²) in [6.45, 7) is 1.01. The highest BCUT2D eigenvalue weighted by molar-refractivity contribution is 6.30. The first-order valence-electron chi connectivity index (χ1n) is 11.6. The van der Waals surface area contributed by atoms with Crippen LogP contribution >= 0.6 is 11.6 Å². The van der Waals surface area contributed by atoms with E-state index in [1.165, 1.54) is 12.1 Å².